The van der Waals surface area contributed by atoms with E-state index < -0.39 is 18.3 Å². The maximum absolute atomic E-state index is 10.9. The van der Waals surface area contributed by atoms with Gasteiger partial charge in [0.05, 0.1) is 0 Å². The fourth-order valence-electron chi connectivity index (χ4n) is 2.99. The lowest BCUT2D eigenvalue weighted by molar-refractivity contribution is -0.138. The topological polar surface area (TPSA) is 37.3 Å². The van der Waals surface area contributed by atoms with Crippen molar-refractivity contribution in [3.8, 4) is 0 Å². The Morgan fingerprint density at radius 1 is 0.864 bits per heavy atom. The van der Waals surface area contributed by atoms with Crippen molar-refractivity contribution in [2.45, 2.75) is 98.8 Å². The van der Waals surface area contributed by atoms with Gasteiger partial charge < -0.3 is 5.11 Å². The van der Waals surface area contributed by atoms with Gasteiger partial charge in [0.15, 0.2) is 0 Å². The van der Waals surface area contributed by atoms with E-state index in [4.69, 9.17) is 7.85 Å². The number of rotatable bonds is 14. The maximum Gasteiger partial charge on any atom is 0.303 e. The minimum absolute atomic E-state index is 0.489. The minimum Gasteiger partial charge on any atom is -0.481 e. The van der Waals surface area contributed by atoms with Gasteiger partial charge in [0.25, 0.3) is 0 Å². The van der Waals surface area contributed by atoms with Crippen LogP contribution in [0, 0.1) is 23.6 Å². The summed E-state index contributed by atoms with van der Waals surface area (Å²) in [4.78, 5) is 10.9. The number of hydrogen-bond donors (Lipinski definition) is 1. The van der Waals surface area contributed by atoms with Gasteiger partial charge in [-0.05, 0) is 23.6 Å². The molecule has 1 N–H and O–H groups in total. The number of aliphatic carboxylic acids is 1. The molecule has 2 nitrogen and oxygen atoms in total. The molecule has 0 bridgehead atoms. The smallest absolute Gasteiger partial charge is 0.303 e. The highest BCUT2D eigenvalue weighted by Crippen LogP contribution is 2.22. The van der Waals surface area contributed by atoms with Gasteiger partial charge in [0.1, 0.15) is 0 Å². The fraction of sp³-hybridized carbons (Fsp3) is 0.950. The Bertz CT molecular complexity index is 343. The van der Waals surface area contributed by atoms with Crippen LogP contribution in [0.3, 0.4) is 0 Å². The highest BCUT2D eigenvalue weighted by Gasteiger charge is 2.09. The lowest BCUT2D eigenvalue weighted by Gasteiger charge is -2.15. The van der Waals surface area contributed by atoms with Gasteiger partial charge in [-0.3, -0.25) is 4.79 Å². The van der Waals surface area contributed by atoms with Crippen LogP contribution in [0.4, 0.5) is 0 Å². The Morgan fingerprint density at radius 2 is 1.27 bits per heavy atom. The summed E-state index contributed by atoms with van der Waals surface area (Å²) in [6.45, 7) is 10.8. The summed E-state index contributed by atoms with van der Waals surface area (Å²) < 4.78 is 15.6. The molecular weight excluding hydrogens is 272 g/mol. The standard InChI is InChI=1S/C20H40O2/c1-16(2)9-6-10-17(3)11-7-12-18(4)13-8-14-19(5)15-20(21)22/h16-19H,6-15H2,1-5H3,(H,21,22)/i15T,19T. The van der Waals surface area contributed by atoms with Crippen molar-refractivity contribution in [3.05, 3.63) is 0 Å². The average Bonchev–Trinajstić information content (AvgIpc) is 2.45. The van der Waals surface area contributed by atoms with Crippen molar-refractivity contribution in [3.63, 3.8) is 0 Å². The van der Waals surface area contributed by atoms with E-state index in [0.717, 1.165) is 24.7 Å². The van der Waals surface area contributed by atoms with Gasteiger partial charge in [-0.2, -0.15) is 0 Å². The summed E-state index contributed by atoms with van der Waals surface area (Å²) >= 11 is 0. The van der Waals surface area contributed by atoms with E-state index in [1.807, 2.05) is 0 Å². The second-order valence-corrected chi connectivity index (χ2v) is 7.69. The molecule has 0 saturated heterocycles. The molecular formula is C20H40O2. The van der Waals surface area contributed by atoms with E-state index in [1.165, 1.54) is 38.5 Å². The largest absolute Gasteiger partial charge is 0.481 e. The Hall–Kier alpha value is -0.530. The highest BCUT2D eigenvalue weighted by molar-refractivity contribution is 5.66. The molecule has 0 heterocycles. The summed E-state index contributed by atoms with van der Waals surface area (Å²) in [6, 6.07) is 0. The number of carboxylic acid groups (broad SMARTS) is 1. The quantitative estimate of drug-likeness (QED) is 0.395. The van der Waals surface area contributed by atoms with Crippen LogP contribution < -0.4 is 0 Å². The van der Waals surface area contributed by atoms with E-state index in [-0.39, 0.29) is 0 Å². The van der Waals surface area contributed by atoms with Crippen LogP contribution in [0.15, 0.2) is 0 Å². The number of carboxylic acids is 1. The third-order valence-corrected chi connectivity index (χ3v) is 4.51. The fourth-order valence-corrected chi connectivity index (χ4v) is 2.99. The Balaban J connectivity index is 3.80. The molecule has 132 valence electrons. The van der Waals surface area contributed by atoms with E-state index in [1.54, 1.807) is 6.92 Å². The predicted octanol–water partition coefficient (Wildman–Crippen LogP) is 6.54. The molecule has 0 aliphatic carbocycles. The summed E-state index contributed by atoms with van der Waals surface area (Å²) in [7, 11) is 0. The first kappa shape index (κ1) is 17.8. The predicted molar refractivity (Wildman–Crippen MR) is 96.1 cm³/mol. The summed E-state index contributed by atoms with van der Waals surface area (Å²) in [5.41, 5.74) is 0. The Morgan fingerprint density at radius 3 is 1.68 bits per heavy atom. The lowest BCUT2D eigenvalue weighted by atomic mass is 9.91. The van der Waals surface area contributed by atoms with Crippen molar-refractivity contribution in [2.24, 2.45) is 23.6 Å². The van der Waals surface area contributed by atoms with E-state index in [2.05, 4.69) is 27.7 Å². The summed E-state index contributed by atoms with van der Waals surface area (Å²) in [5.74, 6) is -0.127. The molecule has 0 rings (SSSR count). The Labute approximate surface area is 141 Å². The van der Waals surface area contributed by atoms with Crippen molar-refractivity contribution in [2.75, 3.05) is 0 Å². The molecule has 0 amide bonds. The minimum atomic E-state index is -1.35. The second kappa shape index (κ2) is 13.0. The molecule has 0 aliphatic heterocycles. The third kappa shape index (κ3) is 14.4. The van der Waals surface area contributed by atoms with Gasteiger partial charge in [-0.25, -0.2) is 0 Å². The maximum atomic E-state index is 10.9. The molecule has 4 unspecified atom stereocenters. The summed E-state index contributed by atoms with van der Waals surface area (Å²) in [6.07, 6.45) is 8.80. The zero-order valence-electron chi connectivity index (χ0n) is 17.5. The molecule has 4 atom stereocenters. The van der Waals surface area contributed by atoms with Crippen molar-refractivity contribution in [1.29, 1.82) is 0 Å². The Kier molecular flexibility index (Phi) is 10.5. The van der Waals surface area contributed by atoms with E-state index in [9.17, 15) is 4.79 Å². The molecule has 0 fully saturated rings. The highest BCUT2D eigenvalue weighted by atomic mass is 16.4. The van der Waals surface area contributed by atoms with Crippen LogP contribution in [0.2, 0.25) is 0 Å². The number of carbonyl (C=O) groups is 1. The molecule has 2 heteroatoms. The van der Waals surface area contributed by atoms with Gasteiger partial charge >= 0.3 is 5.97 Å². The van der Waals surface area contributed by atoms with Crippen LogP contribution in [0.1, 0.15) is 102 Å². The first-order valence-electron chi connectivity index (χ1n) is 10.3. The zero-order chi connectivity index (χ0) is 18.8. The van der Waals surface area contributed by atoms with E-state index in [0.29, 0.717) is 12.3 Å². The van der Waals surface area contributed by atoms with Gasteiger partial charge in [0.2, 0.25) is 0 Å². The monoisotopic (exact) mass is 316 g/mol. The van der Waals surface area contributed by atoms with E-state index >= 15 is 0 Å². The molecule has 0 aromatic heterocycles. The molecule has 0 aliphatic rings. The van der Waals surface area contributed by atoms with Gasteiger partial charge in [-0.1, -0.05) is 92.4 Å². The molecule has 22 heavy (non-hydrogen) atoms. The van der Waals surface area contributed by atoms with Crippen LogP contribution >= 0.6 is 0 Å². The first-order chi connectivity index (χ1) is 11.1. The average molecular weight is 317 g/mol. The van der Waals surface area contributed by atoms with Crippen LogP contribution in [-0.2, 0) is 4.79 Å². The molecule has 0 aromatic carbocycles. The molecule has 0 saturated carbocycles. The van der Waals surface area contributed by atoms with Crippen LogP contribution in [0.25, 0.3) is 0 Å². The van der Waals surface area contributed by atoms with Crippen molar-refractivity contribution < 1.29 is 12.6 Å². The lowest BCUT2D eigenvalue weighted by Crippen LogP contribution is -2.05. The van der Waals surface area contributed by atoms with Crippen molar-refractivity contribution in [1.82, 2.24) is 0 Å². The molecule has 0 spiro atoms. The second-order valence-electron chi connectivity index (χ2n) is 7.69. The number of hydrogen-bond acceptors (Lipinski definition) is 1. The van der Waals surface area contributed by atoms with Gasteiger partial charge in [0, 0.05) is 9.14 Å². The SMILES string of the molecule is [3H]C(C(=O)O)C([3H])(C)CCCC(C)CCCC(C)CCCC(C)C. The summed E-state index contributed by atoms with van der Waals surface area (Å²) in [5, 5.41) is 8.88. The normalized spacial score (nSPS) is 19.9. The van der Waals surface area contributed by atoms with Crippen molar-refractivity contribution >= 4 is 5.97 Å². The molecule has 0 radical (unpaired) electrons. The molecule has 0 aromatic rings. The van der Waals surface area contributed by atoms with Crippen LogP contribution in [-0.4, -0.2) is 11.1 Å². The van der Waals surface area contributed by atoms with Crippen LogP contribution in [0.5, 0.6) is 0 Å². The third-order valence-electron chi connectivity index (χ3n) is 4.51. The first-order valence-corrected chi connectivity index (χ1v) is 9.21. The van der Waals surface area contributed by atoms with Gasteiger partial charge in [-0.15, -0.1) is 0 Å². The zero-order valence-corrected chi connectivity index (χ0v) is 15.5.